The van der Waals surface area contributed by atoms with Crippen molar-refractivity contribution in [3.05, 3.63) is 36.4 Å². The Kier molecular flexibility index (Phi) is 4.46. The molecule has 0 bridgehead atoms. The Morgan fingerprint density at radius 1 is 1.43 bits per heavy atom. The van der Waals surface area contributed by atoms with E-state index in [1.165, 1.54) is 0 Å². The first-order valence-electron chi connectivity index (χ1n) is 7.81. The normalized spacial score (nSPS) is 20.5. The molecule has 0 amide bonds. The Hall–Kier alpha value is -1.52. The van der Waals surface area contributed by atoms with Gasteiger partial charge in [-0.25, -0.2) is 0 Å². The Morgan fingerprint density at radius 2 is 2.24 bits per heavy atom. The van der Waals surface area contributed by atoms with Crippen LogP contribution in [0.15, 0.2) is 30.9 Å². The second-order valence-electron chi connectivity index (χ2n) is 5.84. The van der Waals surface area contributed by atoms with Crippen LogP contribution >= 0.6 is 0 Å². The molecule has 4 nitrogen and oxygen atoms in total. The molecule has 2 aliphatic heterocycles. The summed E-state index contributed by atoms with van der Waals surface area (Å²) in [5.41, 5.74) is 2.08. The van der Waals surface area contributed by atoms with Crippen LogP contribution < -0.4 is 15.0 Å². The number of anilines is 1. The molecule has 114 valence electrons. The predicted octanol–water partition coefficient (Wildman–Crippen LogP) is 2.10. The number of fused-ring (bicyclic) bond motifs is 1. The van der Waals surface area contributed by atoms with E-state index in [2.05, 4.69) is 22.9 Å². The van der Waals surface area contributed by atoms with Crippen LogP contribution in [0, 0.1) is 5.92 Å². The van der Waals surface area contributed by atoms with Crippen LogP contribution in [0.1, 0.15) is 24.5 Å². The fraction of sp³-hybridized carbons (Fsp3) is 0.529. The van der Waals surface area contributed by atoms with Gasteiger partial charge in [-0.3, -0.25) is 0 Å². The summed E-state index contributed by atoms with van der Waals surface area (Å²) in [4.78, 5) is 2.25. The molecule has 21 heavy (non-hydrogen) atoms. The van der Waals surface area contributed by atoms with Crippen molar-refractivity contribution in [3.8, 4) is 5.75 Å². The van der Waals surface area contributed by atoms with E-state index in [0.717, 1.165) is 56.0 Å². The minimum atomic E-state index is -0.384. The third kappa shape index (κ3) is 3.06. The monoisotopic (exact) mass is 288 g/mol. The summed E-state index contributed by atoms with van der Waals surface area (Å²) in [5, 5.41) is 14.0. The number of nitrogens with one attached hydrogen (secondary N) is 1. The molecule has 1 fully saturated rings. The summed E-state index contributed by atoms with van der Waals surface area (Å²) in [6.45, 7) is 8.20. The van der Waals surface area contributed by atoms with Crippen molar-refractivity contribution in [1.29, 1.82) is 0 Å². The van der Waals surface area contributed by atoms with Gasteiger partial charge in [-0.15, -0.1) is 6.58 Å². The molecular formula is C17H24N2O2. The predicted molar refractivity (Wildman–Crippen MR) is 84.9 cm³/mol. The Bertz CT molecular complexity index is 498. The van der Waals surface area contributed by atoms with Crippen molar-refractivity contribution in [2.75, 3.05) is 37.7 Å². The number of rotatable bonds is 4. The van der Waals surface area contributed by atoms with Gasteiger partial charge < -0.3 is 20.1 Å². The molecule has 2 aliphatic rings. The highest BCUT2D eigenvalue weighted by Crippen LogP contribution is 2.37. The van der Waals surface area contributed by atoms with E-state index in [1.807, 2.05) is 18.2 Å². The smallest absolute Gasteiger partial charge is 0.142 e. The van der Waals surface area contributed by atoms with Crippen molar-refractivity contribution in [2.45, 2.75) is 18.9 Å². The number of hydrogen-bond donors (Lipinski definition) is 2. The lowest BCUT2D eigenvalue weighted by molar-refractivity contribution is 0.0889. The molecule has 1 atom stereocenters. The first kappa shape index (κ1) is 14.4. The number of aliphatic hydroxyl groups is 1. The summed E-state index contributed by atoms with van der Waals surface area (Å²) in [6.07, 6.45) is 3.59. The van der Waals surface area contributed by atoms with E-state index in [9.17, 15) is 5.11 Å². The maximum atomic E-state index is 10.7. The average molecular weight is 288 g/mol. The van der Waals surface area contributed by atoms with E-state index in [0.29, 0.717) is 12.5 Å². The second kappa shape index (κ2) is 6.50. The van der Waals surface area contributed by atoms with Crippen LogP contribution in [-0.4, -0.2) is 37.9 Å². The topological polar surface area (TPSA) is 44.7 Å². The lowest BCUT2D eigenvalue weighted by Crippen LogP contribution is -2.33. The minimum absolute atomic E-state index is 0.349. The van der Waals surface area contributed by atoms with Crippen molar-refractivity contribution >= 4 is 5.69 Å². The molecule has 0 spiro atoms. The van der Waals surface area contributed by atoms with Crippen LogP contribution in [0.25, 0.3) is 0 Å². The van der Waals surface area contributed by atoms with Crippen molar-refractivity contribution in [3.63, 3.8) is 0 Å². The highest BCUT2D eigenvalue weighted by Gasteiger charge is 2.25. The fourth-order valence-corrected chi connectivity index (χ4v) is 3.25. The number of aliphatic hydroxyl groups excluding tert-OH is 1. The minimum Gasteiger partial charge on any atom is -0.490 e. The zero-order chi connectivity index (χ0) is 14.7. The SMILES string of the molecule is C=CCN1CCOc2ccc(C(O)C3CCNCC3)cc21. The molecule has 3 rings (SSSR count). The number of piperidine rings is 1. The molecule has 0 radical (unpaired) electrons. The summed E-state index contributed by atoms with van der Waals surface area (Å²) in [5.74, 6) is 1.26. The number of benzene rings is 1. The van der Waals surface area contributed by atoms with Crippen molar-refractivity contribution in [1.82, 2.24) is 5.32 Å². The lowest BCUT2D eigenvalue weighted by atomic mass is 9.88. The van der Waals surface area contributed by atoms with Gasteiger partial charge in [0.2, 0.25) is 0 Å². The zero-order valence-corrected chi connectivity index (χ0v) is 12.4. The van der Waals surface area contributed by atoms with E-state index in [-0.39, 0.29) is 6.10 Å². The van der Waals surface area contributed by atoms with Crippen molar-refractivity contribution in [2.24, 2.45) is 5.92 Å². The largest absolute Gasteiger partial charge is 0.490 e. The van der Waals surface area contributed by atoms with Gasteiger partial charge in [0.25, 0.3) is 0 Å². The molecule has 1 unspecified atom stereocenters. The number of hydrogen-bond acceptors (Lipinski definition) is 4. The Labute approximate surface area is 126 Å². The molecule has 0 saturated carbocycles. The standard InChI is InChI=1S/C17H24N2O2/c1-2-9-19-10-11-21-16-4-3-14(12-15(16)19)17(20)13-5-7-18-8-6-13/h2-4,12-13,17-18,20H,1,5-11H2. The first-order valence-corrected chi connectivity index (χ1v) is 7.81. The second-order valence-corrected chi connectivity index (χ2v) is 5.84. The summed E-state index contributed by atoms with van der Waals surface area (Å²) < 4.78 is 5.71. The summed E-state index contributed by atoms with van der Waals surface area (Å²) in [6, 6.07) is 6.08. The van der Waals surface area contributed by atoms with E-state index < -0.39 is 0 Å². The average Bonchev–Trinajstić information content (AvgIpc) is 2.55. The quantitative estimate of drug-likeness (QED) is 0.833. The molecule has 0 aromatic heterocycles. The van der Waals surface area contributed by atoms with Crippen LogP contribution in [0.2, 0.25) is 0 Å². The van der Waals surface area contributed by atoms with Crippen LogP contribution in [0.5, 0.6) is 5.75 Å². The molecule has 1 saturated heterocycles. The van der Waals surface area contributed by atoms with Crippen LogP contribution in [-0.2, 0) is 0 Å². The fourth-order valence-electron chi connectivity index (χ4n) is 3.25. The third-order valence-electron chi connectivity index (χ3n) is 4.46. The third-order valence-corrected chi connectivity index (χ3v) is 4.46. The molecule has 0 aliphatic carbocycles. The molecule has 2 N–H and O–H groups in total. The maximum Gasteiger partial charge on any atom is 0.142 e. The number of nitrogens with zero attached hydrogens (tertiary/aromatic N) is 1. The Morgan fingerprint density at radius 3 is 3.00 bits per heavy atom. The lowest BCUT2D eigenvalue weighted by Gasteiger charge is -2.32. The molecule has 1 aromatic rings. The van der Waals surface area contributed by atoms with Gasteiger partial charge in [0, 0.05) is 6.54 Å². The van der Waals surface area contributed by atoms with Crippen LogP contribution in [0.4, 0.5) is 5.69 Å². The summed E-state index contributed by atoms with van der Waals surface area (Å²) >= 11 is 0. The first-order chi connectivity index (χ1) is 10.3. The van der Waals surface area contributed by atoms with E-state index in [1.54, 1.807) is 0 Å². The maximum absolute atomic E-state index is 10.7. The van der Waals surface area contributed by atoms with Crippen molar-refractivity contribution < 1.29 is 9.84 Å². The van der Waals surface area contributed by atoms with E-state index in [4.69, 9.17) is 4.74 Å². The van der Waals surface area contributed by atoms with Gasteiger partial charge in [-0.2, -0.15) is 0 Å². The number of ether oxygens (including phenoxy) is 1. The van der Waals surface area contributed by atoms with Gasteiger partial charge in [-0.1, -0.05) is 12.1 Å². The van der Waals surface area contributed by atoms with Crippen LogP contribution in [0.3, 0.4) is 0 Å². The molecular weight excluding hydrogens is 264 g/mol. The highest BCUT2D eigenvalue weighted by molar-refractivity contribution is 5.62. The Balaban J connectivity index is 1.83. The van der Waals surface area contributed by atoms with E-state index >= 15 is 0 Å². The molecule has 2 heterocycles. The highest BCUT2D eigenvalue weighted by atomic mass is 16.5. The van der Waals surface area contributed by atoms with Gasteiger partial charge in [0.15, 0.2) is 0 Å². The van der Waals surface area contributed by atoms with Gasteiger partial charge in [0.1, 0.15) is 12.4 Å². The molecule has 1 aromatic carbocycles. The van der Waals surface area contributed by atoms with Gasteiger partial charge >= 0.3 is 0 Å². The van der Waals surface area contributed by atoms with Gasteiger partial charge in [-0.05, 0) is 49.5 Å². The molecule has 4 heteroatoms. The zero-order valence-electron chi connectivity index (χ0n) is 12.4. The van der Waals surface area contributed by atoms with Gasteiger partial charge in [0.05, 0.1) is 18.3 Å². The summed E-state index contributed by atoms with van der Waals surface area (Å²) in [7, 11) is 0.